The Morgan fingerprint density at radius 2 is 1.79 bits per heavy atom. The van der Waals surface area contributed by atoms with Crippen molar-refractivity contribution in [3.05, 3.63) is 89.8 Å². The highest BCUT2D eigenvalue weighted by atomic mass is 16.1. The number of rotatable bonds is 6. The van der Waals surface area contributed by atoms with E-state index in [1.54, 1.807) is 11.0 Å². The van der Waals surface area contributed by atoms with Crippen molar-refractivity contribution in [2.24, 2.45) is 0 Å². The van der Waals surface area contributed by atoms with Gasteiger partial charge in [-0.25, -0.2) is 14.3 Å². The summed E-state index contributed by atoms with van der Waals surface area (Å²) >= 11 is 0. The van der Waals surface area contributed by atoms with Crippen LogP contribution in [-0.4, -0.2) is 30.5 Å². The van der Waals surface area contributed by atoms with E-state index < -0.39 is 0 Å². The van der Waals surface area contributed by atoms with Crippen LogP contribution < -0.4 is 5.32 Å². The predicted octanol–water partition coefficient (Wildman–Crippen LogP) is 2.93. The summed E-state index contributed by atoms with van der Waals surface area (Å²) in [6, 6.07) is 17.7. The Morgan fingerprint density at radius 1 is 1.03 bits per heavy atom. The van der Waals surface area contributed by atoms with Gasteiger partial charge in [0.1, 0.15) is 12.7 Å². The minimum atomic E-state index is -0.0443. The minimum Gasteiger partial charge on any atom is -0.352 e. The van der Waals surface area contributed by atoms with Crippen LogP contribution in [0.25, 0.3) is 11.4 Å². The monoisotopic (exact) mass is 386 g/mol. The molecule has 7 nitrogen and oxygen atoms in total. The molecule has 29 heavy (non-hydrogen) atoms. The Morgan fingerprint density at radius 3 is 2.55 bits per heavy atom. The Balaban J connectivity index is 1.47. The second-order valence-corrected chi connectivity index (χ2v) is 6.82. The predicted molar refractivity (Wildman–Crippen MR) is 110 cm³/mol. The molecular formula is C22H22N6O. The van der Waals surface area contributed by atoms with Crippen LogP contribution in [0, 0.1) is 13.8 Å². The highest BCUT2D eigenvalue weighted by Crippen LogP contribution is 2.18. The van der Waals surface area contributed by atoms with E-state index in [4.69, 9.17) is 0 Å². The molecule has 4 aromatic rings. The highest BCUT2D eigenvalue weighted by molar-refractivity contribution is 5.79. The van der Waals surface area contributed by atoms with E-state index in [0.717, 1.165) is 33.9 Å². The van der Waals surface area contributed by atoms with Crippen LogP contribution in [0.5, 0.6) is 0 Å². The van der Waals surface area contributed by atoms with Crippen molar-refractivity contribution < 1.29 is 4.79 Å². The van der Waals surface area contributed by atoms with Crippen molar-refractivity contribution in [1.29, 1.82) is 0 Å². The Bertz CT molecular complexity index is 1120. The molecule has 0 unspecified atom stereocenters. The maximum Gasteiger partial charge on any atom is 0.224 e. The smallest absolute Gasteiger partial charge is 0.224 e. The molecule has 0 aliphatic rings. The first-order chi connectivity index (χ1) is 14.1. The van der Waals surface area contributed by atoms with Gasteiger partial charge in [-0.05, 0) is 37.6 Å². The number of carbonyl (C=O) groups is 1. The lowest BCUT2D eigenvalue weighted by Crippen LogP contribution is -2.25. The van der Waals surface area contributed by atoms with Crippen molar-refractivity contribution >= 4 is 5.91 Å². The molecule has 0 aliphatic heterocycles. The zero-order valence-electron chi connectivity index (χ0n) is 16.4. The van der Waals surface area contributed by atoms with Crippen molar-refractivity contribution in [1.82, 2.24) is 29.9 Å². The fourth-order valence-electron chi connectivity index (χ4n) is 3.38. The van der Waals surface area contributed by atoms with Crippen LogP contribution in [0.15, 0.2) is 67.3 Å². The molecule has 0 aliphatic carbocycles. The van der Waals surface area contributed by atoms with Gasteiger partial charge in [-0.15, -0.1) is 0 Å². The number of benzene rings is 2. The second kappa shape index (κ2) is 8.10. The Kier molecular flexibility index (Phi) is 5.20. The molecule has 2 aromatic carbocycles. The van der Waals surface area contributed by atoms with E-state index in [9.17, 15) is 4.79 Å². The number of aryl methyl sites for hydroxylation is 1. The van der Waals surface area contributed by atoms with Gasteiger partial charge >= 0.3 is 0 Å². The fraction of sp³-hybridized carbons (Fsp3) is 0.182. The summed E-state index contributed by atoms with van der Waals surface area (Å²) < 4.78 is 3.58. The van der Waals surface area contributed by atoms with Gasteiger partial charge in [0, 0.05) is 17.8 Å². The number of amides is 1. The van der Waals surface area contributed by atoms with Gasteiger partial charge in [0.05, 0.1) is 23.5 Å². The topological polar surface area (TPSA) is 77.6 Å². The third-order valence-corrected chi connectivity index (χ3v) is 4.91. The molecule has 0 saturated carbocycles. The summed E-state index contributed by atoms with van der Waals surface area (Å²) in [5.74, 6) is -0.0443. The van der Waals surface area contributed by atoms with Crippen molar-refractivity contribution in [2.75, 3.05) is 0 Å². The lowest BCUT2D eigenvalue weighted by molar-refractivity contribution is -0.120. The van der Waals surface area contributed by atoms with E-state index in [-0.39, 0.29) is 12.3 Å². The standard InChI is InChI=1S/C22H22N6O/c1-16-20(17(2)28(26-16)19-9-4-3-5-10-19)12-22(29)24-13-18-8-6-7-11-21(18)27-15-23-14-25-27/h3-11,14-15H,12-13H2,1-2H3,(H,24,29). The van der Waals surface area contributed by atoms with Gasteiger partial charge in [0.2, 0.25) is 5.91 Å². The van der Waals surface area contributed by atoms with Crippen LogP contribution in [0.2, 0.25) is 0 Å². The average molecular weight is 386 g/mol. The number of hydrogen-bond donors (Lipinski definition) is 1. The molecule has 1 amide bonds. The van der Waals surface area contributed by atoms with Gasteiger partial charge in [-0.1, -0.05) is 36.4 Å². The summed E-state index contributed by atoms with van der Waals surface area (Å²) in [6.07, 6.45) is 3.42. The lowest BCUT2D eigenvalue weighted by atomic mass is 10.1. The third kappa shape index (κ3) is 3.94. The van der Waals surface area contributed by atoms with Crippen LogP contribution >= 0.6 is 0 Å². The first-order valence-corrected chi connectivity index (χ1v) is 9.43. The van der Waals surface area contributed by atoms with Gasteiger partial charge < -0.3 is 5.32 Å². The lowest BCUT2D eigenvalue weighted by Gasteiger charge is -2.10. The van der Waals surface area contributed by atoms with E-state index in [0.29, 0.717) is 6.54 Å². The zero-order valence-corrected chi connectivity index (χ0v) is 16.4. The summed E-state index contributed by atoms with van der Waals surface area (Å²) in [5.41, 5.74) is 5.66. The van der Waals surface area contributed by atoms with Gasteiger partial charge in [0.15, 0.2) is 0 Å². The first-order valence-electron chi connectivity index (χ1n) is 9.43. The van der Waals surface area contributed by atoms with Gasteiger partial charge in [-0.2, -0.15) is 10.2 Å². The number of carbonyl (C=O) groups excluding carboxylic acids is 1. The fourth-order valence-corrected chi connectivity index (χ4v) is 3.38. The third-order valence-electron chi connectivity index (χ3n) is 4.91. The van der Waals surface area contributed by atoms with E-state index in [1.165, 1.54) is 6.33 Å². The number of nitrogens with one attached hydrogen (secondary N) is 1. The van der Waals surface area contributed by atoms with Crippen molar-refractivity contribution in [2.45, 2.75) is 26.8 Å². The van der Waals surface area contributed by atoms with Crippen LogP contribution in [0.4, 0.5) is 0 Å². The molecular weight excluding hydrogens is 364 g/mol. The molecule has 0 atom stereocenters. The maximum atomic E-state index is 12.7. The molecule has 2 heterocycles. The summed E-state index contributed by atoms with van der Waals surface area (Å²) in [5, 5.41) is 11.8. The highest BCUT2D eigenvalue weighted by Gasteiger charge is 2.16. The van der Waals surface area contributed by atoms with E-state index in [2.05, 4.69) is 20.5 Å². The summed E-state index contributed by atoms with van der Waals surface area (Å²) in [7, 11) is 0. The number of nitrogens with zero attached hydrogens (tertiary/aromatic N) is 5. The van der Waals surface area contributed by atoms with Crippen LogP contribution in [0.3, 0.4) is 0 Å². The summed E-state index contributed by atoms with van der Waals surface area (Å²) in [6.45, 7) is 4.35. The van der Waals surface area contributed by atoms with Crippen molar-refractivity contribution in [3.63, 3.8) is 0 Å². The van der Waals surface area contributed by atoms with E-state index >= 15 is 0 Å². The molecule has 2 aromatic heterocycles. The average Bonchev–Trinajstić information content (AvgIpc) is 3.37. The molecule has 0 fully saturated rings. The number of aromatic nitrogens is 5. The largest absolute Gasteiger partial charge is 0.352 e. The SMILES string of the molecule is Cc1nn(-c2ccccc2)c(C)c1CC(=O)NCc1ccccc1-n1cncn1. The first kappa shape index (κ1) is 18.6. The molecule has 0 saturated heterocycles. The maximum absolute atomic E-state index is 12.7. The molecule has 1 N–H and O–H groups in total. The molecule has 146 valence electrons. The molecule has 7 heteroatoms. The second-order valence-electron chi connectivity index (χ2n) is 6.82. The Labute approximate surface area is 169 Å². The Hall–Kier alpha value is -3.74. The normalized spacial score (nSPS) is 10.8. The van der Waals surface area contributed by atoms with Crippen LogP contribution in [0.1, 0.15) is 22.5 Å². The van der Waals surface area contributed by atoms with Crippen molar-refractivity contribution in [3.8, 4) is 11.4 Å². The number of para-hydroxylation sites is 2. The van der Waals surface area contributed by atoms with Gasteiger partial charge in [0.25, 0.3) is 0 Å². The number of hydrogen-bond acceptors (Lipinski definition) is 4. The molecule has 0 bridgehead atoms. The van der Waals surface area contributed by atoms with E-state index in [1.807, 2.05) is 73.1 Å². The van der Waals surface area contributed by atoms with Gasteiger partial charge in [-0.3, -0.25) is 4.79 Å². The molecule has 0 spiro atoms. The minimum absolute atomic E-state index is 0.0443. The van der Waals surface area contributed by atoms with Crippen LogP contribution in [-0.2, 0) is 17.8 Å². The molecule has 0 radical (unpaired) electrons. The zero-order chi connectivity index (χ0) is 20.2. The summed E-state index contributed by atoms with van der Waals surface area (Å²) in [4.78, 5) is 16.6. The molecule has 4 rings (SSSR count). The quantitative estimate of drug-likeness (QED) is 0.553.